The third kappa shape index (κ3) is 2.91. The van der Waals surface area contributed by atoms with Gasteiger partial charge >= 0.3 is 0 Å². The molecule has 3 nitrogen and oxygen atoms in total. The number of hydrogen-bond donors (Lipinski definition) is 0. The zero-order valence-corrected chi connectivity index (χ0v) is 10.5. The van der Waals surface area contributed by atoms with Crippen LogP contribution in [0.25, 0.3) is 22.3 Å². The molecular weight excluding hydrogens is 252 g/mol. The first-order valence-electron chi connectivity index (χ1n) is 5.88. The lowest BCUT2D eigenvalue weighted by atomic mass is 10.1. The van der Waals surface area contributed by atoms with Gasteiger partial charge in [0, 0.05) is 11.6 Å². The van der Waals surface area contributed by atoms with Crippen molar-refractivity contribution in [1.29, 1.82) is 0 Å². The molecule has 0 fully saturated rings. The molecule has 0 N–H and O–H groups in total. The van der Waals surface area contributed by atoms with Crippen molar-refractivity contribution in [2.45, 2.75) is 0 Å². The van der Waals surface area contributed by atoms with E-state index < -0.39 is 0 Å². The maximum Gasteiger partial charge on any atom is 0.193 e. The van der Waals surface area contributed by atoms with Crippen LogP contribution in [0, 0.1) is 6.58 Å². The van der Waals surface area contributed by atoms with Crippen LogP contribution in [0.4, 0.5) is 0 Å². The first kappa shape index (κ1) is 13.5. The molecule has 0 aliphatic heterocycles. The Kier molecular flexibility index (Phi) is 4.28. The maximum atomic E-state index is 11.9. The van der Waals surface area contributed by atoms with Gasteiger partial charge in [0.25, 0.3) is 0 Å². The van der Waals surface area contributed by atoms with E-state index in [0.717, 1.165) is 11.5 Å². The van der Waals surface area contributed by atoms with Gasteiger partial charge in [-0.25, -0.2) is 4.79 Å². The van der Waals surface area contributed by atoms with Gasteiger partial charge in [-0.15, -0.1) is 0 Å². The van der Waals surface area contributed by atoms with Gasteiger partial charge in [-0.05, 0) is 12.1 Å². The van der Waals surface area contributed by atoms with Gasteiger partial charge in [0.1, 0.15) is 17.3 Å². The first-order chi connectivity index (χ1) is 9.76. The van der Waals surface area contributed by atoms with Gasteiger partial charge in [-0.1, -0.05) is 42.5 Å². The van der Waals surface area contributed by atoms with Gasteiger partial charge < -0.3 is 4.42 Å². The predicted molar refractivity (Wildman–Crippen MR) is 76.9 cm³/mol. The van der Waals surface area contributed by atoms with Crippen LogP contribution in [0.2, 0.25) is 0 Å². The van der Waals surface area contributed by atoms with E-state index >= 15 is 0 Å². The Bertz CT molecular complexity index is 795. The van der Waals surface area contributed by atoms with Crippen LogP contribution in [0.5, 0.6) is 0 Å². The molecule has 0 aliphatic rings. The molecule has 1 heterocycles. The van der Waals surface area contributed by atoms with Gasteiger partial charge in [0.15, 0.2) is 5.43 Å². The minimum atomic E-state index is -0.00861. The highest BCUT2D eigenvalue weighted by Gasteiger charge is 2.05. The molecule has 0 saturated heterocycles. The normalized spacial score (nSPS) is 9.40. The second-order valence-electron chi connectivity index (χ2n) is 3.94. The molecule has 0 amide bonds. The quantitative estimate of drug-likeness (QED) is 0.633. The van der Waals surface area contributed by atoms with Crippen molar-refractivity contribution < 1.29 is 9.21 Å². The molecule has 2 aromatic carbocycles. The van der Waals surface area contributed by atoms with E-state index in [9.17, 15) is 4.79 Å². The summed E-state index contributed by atoms with van der Waals surface area (Å²) in [5.74, 6) is 1.36. The van der Waals surface area contributed by atoms with Crippen LogP contribution in [0.1, 0.15) is 0 Å². The highest BCUT2D eigenvalue weighted by atomic mass is 16.3. The number of carbonyl (C=O) groups excluding carboxylic acids is 1. The summed E-state index contributed by atoms with van der Waals surface area (Å²) in [6.45, 7) is 5.40. The standard InChI is InChI=1S/C15H10O2.C2O/c16-13-10-15(11-6-2-1-3-7-11)17-14-9-5-4-8-12(13)14;1-2-3/h1-10H;. The summed E-state index contributed by atoms with van der Waals surface area (Å²) < 4.78 is 5.73. The van der Waals surface area contributed by atoms with Crippen molar-refractivity contribution in [3.63, 3.8) is 0 Å². The molecule has 0 bridgehead atoms. The molecule has 96 valence electrons. The minimum Gasteiger partial charge on any atom is -0.456 e. The Labute approximate surface area is 115 Å². The van der Waals surface area contributed by atoms with Crippen molar-refractivity contribution >= 4 is 16.9 Å². The average molecular weight is 262 g/mol. The Hall–Kier alpha value is -2.90. The second kappa shape index (κ2) is 6.32. The largest absolute Gasteiger partial charge is 0.456 e. The van der Waals surface area contributed by atoms with E-state index in [4.69, 9.17) is 15.8 Å². The van der Waals surface area contributed by atoms with Crippen molar-refractivity contribution in [3.05, 3.63) is 77.5 Å². The fourth-order valence-electron chi connectivity index (χ4n) is 1.85. The number of hydrogen-bond acceptors (Lipinski definition) is 3. The number of fused-ring (bicyclic) bond motifs is 1. The highest BCUT2D eigenvalue weighted by Crippen LogP contribution is 2.21. The minimum absolute atomic E-state index is 0.00861. The molecule has 0 atom stereocenters. The fraction of sp³-hybridized carbons (Fsp3) is 0. The summed E-state index contributed by atoms with van der Waals surface area (Å²) in [6, 6.07) is 18.4. The summed E-state index contributed by atoms with van der Waals surface area (Å²) in [7, 11) is 0. The molecule has 0 spiro atoms. The first-order valence-corrected chi connectivity index (χ1v) is 5.88. The van der Waals surface area contributed by atoms with E-state index in [-0.39, 0.29) is 5.43 Å². The molecule has 3 aromatic rings. The molecule has 2 radical (unpaired) electrons. The number of para-hydroxylation sites is 1. The Balaban J connectivity index is 0.000000452. The van der Waals surface area contributed by atoms with Crippen molar-refractivity contribution in [1.82, 2.24) is 0 Å². The molecule has 3 rings (SSSR count). The summed E-state index contributed by atoms with van der Waals surface area (Å²) in [5.41, 5.74) is 1.53. The van der Waals surface area contributed by atoms with Crippen molar-refractivity contribution in [3.8, 4) is 11.3 Å². The molecule has 20 heavy (non-hydrogen) atoms. The summed E-state index contributed by atoms with van der Waals surface area (Å²) in [6.07, 6.45) is 0. The van der Waals surface area contributed by atoms with E-state index in [1.165, 1.54) is 6.07 Å². The third-order valence-electron chi connectivity index (χ3n) is 2.69. The summed E-state index contributed by atoms with van der Waals surface area (Å²) >= 11 is 0. The molecule has 1 aromatic heterocycles. The van der Waals surface area contributed by atoms with Crippen LogP contribution < -0.4 is 5.43 Å². The van der Waals surface area contributed by atoms with Crippen molar-refractivity contribution in [2.24, 2.45) is 0 Å². The van der Waals surface area contributed by atoms with Crippen molar-refractivity contribution in [2.75, 3.05) is 0 Å². The topological polar surface area (TPSA) is 47.3 Å². The smallest absolute Gasteiger partial charge is 0.193 e. The van der Waals surface area contributed by atoms with Gasteiger partial charge in [-0.3, -0.25) is 4.79 Å². The summed E-state index contributed by atoms with van der Waals surface area (Å²) in [4.78, 5) is 20.3. The monoisotopic (exact) mass is 262 g/mol. The second-order valence-corrected chi connectivity index (χ2v) is 3.94. The molecule has 0 saturated carbocycles. The van der Waals surface area contributed by atoms with Crippen LogP contribution in [-0.4, -0.2) is 5.94 Å². The van der Waals surface area contributed by atoms with E-state index in [2.05, 4.69) is 0 Å². The van der Waals surface area contributed by atoms with Gasteiger partial charge in [-0.2, -0.15) is 0 Å². The van der Waals surface area contributed by atoms with Crippen LogP contribution in [0.3, 0.4) is 0 Å². The molecule has 3 heteroatoms. The SMILES string of the molecule is O=c1cc(-c2ccccc2)oc2ccccc12.[C]=C=O. The van der Waals surface area contributed by atoms with Crippen LogP contribution in [-0.2, 0) is 4.79 Å². The zero-order valence-electron chi connectivity index (χ0n) is 10.5. The van der Waals surface area contributed by atoms with Crippen LogP contribution >= 0.6 is 0 Å². The molecule has 0 aliphatic carbocycles. The molecule has 0 unspecified atom stereocenters. The van der Waals surface area contributed by atoms with Crippen LogP contribution in [0.15, 0.2) is 69.9 Å². The predicted octanol–water partition coefficient (Wildman–Crippen LogP) is 3.14. The van der Waals surface area contributed by atoms with E-state index in [1.54, 1.807) is 6.07 Å². The lowest BCUT2D eigenvalue weighted by Crippen LogP contribution is -1.99. The Morgan fingerprint density at radius 1 is 0.950 bits per heavy atom. The van der Waals surface area contributed by atoms with Gasteiger partial charge in [0.05, 0.1) is 12.0 Å². The maximum absolute atomic E-state index is 11.9. The number of rotatable bonds is 1. The van der Waals surface area contributed by atoms with E-state index in [0.29, 0.717) is 16.7 Å². The lowest BCUT2D eigenvalue weighted by molar-refractivity contribution is 0.569. The van der Waals surface area contributed by atoms with Gasteiger partial charge in [0.2, 0.25) is 0 Å². The highest BCUT2D eigenvalue weighted by molar-refractivity contribution is 5.78. The third-order valence-corrected chi connectivity index (χ3v) is 2.69. The van der Waals surface area contributed by atoms with E-state index in [1.807, 2.05) is 48.5 Å². The number of benzene rings is 2. The molecular formula is C17H10O3. The lowest BCUT2D eigenvalue weighted by Gasteiger charge is -2.02. The summed E-state index contributed by atoms with van der Waals surface area (Å²) in [5, 5.41) is 0.618. The average Bonchev–Trinajstić information content (AvgIpc) is 2.49. The fourth-order valence-corrected chi connectivity index (χ4v) is 1.85. The Morgan fingerprint density at radius 2 is 1.55 bits per heavy atom. The zero-order chi connectivity index (χ0) is 14.4. The Morgan fingerprint density at radius 3 is 2.25 bits per heavy atom.